The Morgan fingerprint density at radius 2 is 1.74 bits per heavy atom. The van der Waals surface area contributed by atoms with Gasteiger partial charge in [0.1, 0.15) is 0 Å². The quantitative estimate of drug-likeness (QED) is 0.886. The lowest BCUT2D eigenvalue weighted by atomic mass is 9.84. The molecule has 0 bridgehead atoms. The predicted octanol–water partition coefficient (Wildman–Crippen LogP) is 4.48. The summed E-state index contributed by atoms with van der Waals surface area (Å²) in [5.41, 5.74) is 2.50. The summed E-state index contributed by atoms with van der Waals surface area (Å²) in [6.45, 7) is 0. The molecule has 23 heavy (non-hydrogen) atoms. The summed E-state index contributed by atoms with van der Waals surface area (Å²) >= 11 is 12.3. The highest BCUT2D eigenvalue weighted by atomic mass is 35.5. The van der Waals surface area contributed by atoms with Crippen LogP contribution in [0.25, 0.3) is 0 Å². The Morgan fingerprint density at radius 3 is 2.39 bits per heavy atom. The molecule has 1 aliphatic rings. The Morgan fingerprint density at radius 1 is 1.04 bits per heavy atom. The van der Waals surface area contributed by atoms with Crippen molar-refractivity contribution in [3.8, 4) is 11.5 Å². The molecule has 120 valence electrons. The van der Waals surface area contributed by atoms with Crippen molar-refractivity contribution >= 4 is 34.8 Å². The molecule has 6 heteroatoms. The molecule has 1 heterocycles. The highest BCUT2D eigenvalue weighted by Crippen LogP contribution is 2.44. The molecule has 2 aromatic carbocycles. The minimum Gasteiger partial charge on any atom is -0.493 e. The van der Waals surface area contributed by atoms with Gasteiger partial charge in [-0.1, -0.05) is 29.3 Å². The van der Waals surface area contributed by atoms with Crippen LogP contribution in [0.15, 0.2) is 30.3 Å². The van der Waals surface area contributed by atoms with Crippen molar-refractivity contribution in [1.29, 1.82) is 0 Å². The normalized spacial score (nSPS) is 16.5. The van der Waals surface area contributed by atoms with Crippen LogP contribution in [0.4, 0.5) is 5.69 Å². The molecule has 0 saturated heterocycles. The van der Waals surface area contributed by atoms with Crippen molar-refractivity contribution in [3.63, 3.8) is 0 Å². The molecule has 4 nitrogen and oxygen atoms in total. The number of carbonyl (C=O) groups excluding carboxylic acids is 1. The first-order chi connectivity index (χ1) is 11.0. The fourth-order valence-electron chi connectivity index (χ4n) is 2.85. The van der Waals surface area contributed by atoms with Gasteiger partial charge in [0.2, 0.25) is 5.91 Å². The summed E-state index contributed by atoms with van der Waals surface area (Å²) < 4.78 is 10.7. The Kier molecular flexibility index (Phi) is 4.37. The van der Waals surface area contributed by atoms with Gasteiger partial charge in [-0.05, 0) is 29.3 Å². The average Bonchev–Trinajstić information content (AvgIpc) is 2.53. The van der Waals surface area contributed by atoms with Crippen LogP contribution in [-0.4, -0.2) is 20.1 Å². The Labute approximate surface area is 144 Å². The van der Waals surface area contributed by atoms with Gasteiger partial charge in [0.25, 0.3) is 0 Å². The smallest absolute Gasteiger partial charge is 0.225 e. The first-order valence-electron chi connectivity index (χ1n) is 7.04. The molecule has 1 aliphatic heterocycles. The van der Waals surface area contributed by atoms with E-state index >= 15 is 0 Å². The van der Waals surface area contributed by atoms with E-state index in [-0.39, 0.29) is 11.8 Å². The lowest BCUT2D eigenvalue weighted by Crippen LogP contribution is -2.23. The minimum absolute atomic E-state index is 0.0688. The van der Waals surface area contributed by atoms with Crippen molar-refractivity contribution in [3.05, 3.63) is 51.5 Å². The largest absolute Gasteiger partial charge is 0.493 e. The molecule has 0 spiro atoms. The number of methoxy groups -OCH3 is 2. The van der Waals surface area contributed by atoms with Gasteiger partial charge in [0, 0.05) is 34.1 Å². The monoisotopic (exact) mass is 351 g/mol. The van der Waals surface area contributed by atoms with Crippen LogP contribution in [0.1, 0.15) is 23.5 Å². The van der Waals surface area contributed by atoms with E-state index in [4.69, 9.17) is 32.7 Å². The molecule has 0 unspecified atom stereocenters. The van der Waals surface area contributed by atoms with E-state index in [1.54, 1.807) is 32.4 Å². The van der Waals surface area contributed by atoms with Crippen molar-refractivity contribution < 1.29 is 14.3 Å². The molecule has 3 rings (SSSR count). The summed E-state index contributed by atoms with van der Waals surface area (Å²) in [7, 11) is 3.14. The van der Waals surface area contributed by atoms with Crippen molar-refractivity contribution in [2.75, 3.05) is 19.5 Å². The SMILES string of the molecule is COc1cc2c(cc1OC)[C@@H](c1ccc(Cl)cc1Cl)CC(=O)N2. The maximum absolute atomic E-state index is 12.1. The number of ether oxygens (including phenoxy) is 2. The molecule has 0 radical (unpaired) electrons. The fourth-order valence-corrected chi connectivity index (χ4v) is 3.39. The maximum Gasteiger partial charge on any atom is 0.225 e. The Hall–Kier alpha value is -1.91. The van der Waals surface area contributed by atoms with Crippen LogP contribution in [0, 0.1) is 0 Å². The summed E-state index contributed by atoms with van der Waals surface area (Å²) in [6, 6.07) is 8.96. The Balaban J connectivity index is 2.16. The highest BCUT2D eigenvalue weighted by Gasteiger charge is 2.29. The van der Waals surface area contributed by atoms with Crippen molar-refractivity contribution in [2.45, 2.75) is 12.3 Å². The number of amides is 1. The van der Waals surface area contributed by atoms with Gasteiger partial charge in [0.15, 0.2) is 11.5 Å². The third-order valence-corrected chi connectivity index (χ3v) is 4.50. The minimum atomic E-state index is -0.164. The zero-order chi connectivity index (χ0) is 16.6. The fraction of sp³-hybridized carbons (Fsp3) is 0.235. The number of carbonyl (C=O) groups is 1. The molecule has 2 aromatic rings. The summed E-state index contributed by atoms with van der Waals surface area (Å²) in [6.07, 6.45) is 0.309. The van der Waals surface area contributed by atoms with Gasteiger partial charge in [0.05, 0.1) is 14.2 Å². The van der Waals surface area contributed by atoms with E-state index in [2.05, 4.69) is 5.32 Å². The standard InChI is InChI=1S/C17H15Cl2NO3/c1-22-15-6-12-11(10-4-3-9(18)5-13(10)19)7-17(21)20-14(12)8-16(15)23-2/h3-6,8,11H,7H2,1-2H3,(H,20,21)/t11-/m1/s1. The number of fused-ring (bicyclic) bond motifs is 1. The van der Waals surface area contributed by atoms with Crippen LogP contribution < -0.4 is 14.8 Å². The van der Waals surface area contributed by atoms with Crippen molar-refractivity contribution in [2.24, 2.45) is 0 Å². The second-order valence-corrected chi connectivity index (χ2v) is 6.11. The van der Waals surface area contributed by atoms with E-state index in [9.17, 15) is 4.79 Å². The third kappa shape index (κ3) is 2.96. The highest BCUT2D eigenvalue weighted by molar-refractivity contribution is 6.35. The number of nitrogens with one attached hydrogen (secondary N) is 1. The predicted molar refractivity (Wildman–Crippen MR) is 91.1 cm³/mol. The van der Waals surface area contributed by atoms with Crippen LogP contribution in [0.2, 0.25) is 10.0 Å². The lowest BCUT2D eigenvalue weighted by molar-refractivity contribution is -0.116. The maximum atomic E-state index is 12.1. The molecule has 1 N–H and O–H groups in total. The van der Waals surface area contributed by atoms with E-state index in [0.29, 0.717) is 33.7 Å². The first-order valence-corrected chi connectivity index (χ1v) is 7.79. The topological polar surface area (TPSA) is 47.6 Å². The Bertz CT molecular complexity index is 777. The van der Waals surface area contributed by atoms with E-state index in [0.717, 1.165) is 11.1 Å². The second-order valence-electron chi connectivity index (χ2n) is 5.27. The third-order valence-electron chi connectivity index (χ3n) is 3.93. The molecule has 1 atom stereocenters. The number of halogens is 2. The summed E-state index contributed by atoms with van der Waals surface area (Å²) in [5, 5.41) is 3.97. The van der Waals surface area contributed by atoms with Gasteiger partial charge in [-0.25, -0.2) is 0 Å². The number of hydrogen-bond acceptors (Lipinski definition) is 3. The van der Waals surface area contributed by atoms with Crippen LogP contribution in [0.5, 0.6) is 11.5 Å². The molecule has 0 aromatic heterocycles. The van der Waals surface area contributed by atoms with Crippen molar-refractivity contribution in [1.82, 2.24) is 0 Å². The van der Waals surface area contributed by atoms with Gasteiger partial charge >= 0.3 is 0 Å². The number of anilines is 1. The molecule has 0 saturated carbocycles. The molecule has 1 amide bonds. The molecular formula is C17H15Cl2NO3. The zero-order valence-electron chi connectivity index (χ0n) is 12.7. The second kappa shape index (κ2) is 6.30. The van der Waals surface area contributed by atoms with Crippen LogP contribution in [0.3, 0.4) is 0 Å². The lowest BCUT2D eigenvalue weighted by Gasteiger charge is -2.28. The number of hydrogen-bond donors (Lipinski definition) is 1. The van der Waals surface area contributed by atoms with E-state index in [1.807, 2.05) is 12.1 Å². The zero-order valence-corrected chi connectivity index (χ0v) is 14.2. The van der Waals surface area contributed by atoms with Gasteiger partial charge < -0.3 is 14.8 Å². The van der Waals surface area contributed by atoms with Crippen LogP contribution in [-0.2, 0) is 4.79 Å². The number of benzene rings is 2. The van der Waals surface area contributed by atoms with Gasteiger partial charge in [-0.2, -0.15) is 0 Å². The molecular weight excluding hydrogens is 337 g/mol. The number of rotatable bonds is 3. The van der Waals surface area contributed by atoms with Gasteiger partial charge in [-0.15, -0.1) is 0 Å². The van der Waals surface area contributed by atoms with E-state index in [1.165, 1.54) is 0 Å². The summed E-state index contributed by atoms with van der Waals surface area (Å²) in [5.74, 6) is 0.941. The van der Waals surface area contributed by atoms with Gasteiger partial charge in [-0.3, -0.25) is 4.79 Å². The first kappa shape index (κ1) is 16.0. The molecule has 0 fully saturated rings. The molecule has 0 aliphatic carbocycles. The average molecular weight is 352 g/mol. The van der Waals surface area contributed by atoms with E-state index < -0.39 is 0 Å². The summed E-state index contributed by atoms with van der Waals surface area (Å²) in [4.78, 5) is 12.1. The van der Waals surface area contributed by atoms with Crippen LogP contribution >= 0.6 is 23.2 Å².